The molecule has 2 aliphatic heterocycles. The summed E-state index contributed by atoms with van der Waals surface area (Å²) in [5.41, 5.74) is 2.28. The van der Waals surface area contributed by atoms with E-state index in [2.05, 4.69) is 5.32 Å². The van der Waals surface area contributed by atoms with Crippen LogP contribution in [0.1, 0.15) is 33.4 Å². The van der Waals surface area contributed by atoms with Gasteiger partial charge in [-0.25, -0.2) is 0 Å². The predicted molar refractivity (Wildman–Crippen MR) is 131 cm³/mol. The molecule has 2 unspecified atom stereocenters. The minimum Gasteiger partial charge on any atom is -0.497 e. The fraction of sp³-hybridized carbons (Fsp3) is 0.259. The topological polar surface area (TPSA) is 95.6 Å². The van der Waals surface area contributed by atoms with Crippen molar-refractivity contribution in [1.29, 1.82) is 0 Å². The predicted octanol–water partition coefficient (Wildman–Crippen LogP) is 3.99. The van der Waals surface area contributed by atoms with Crippen molar-refractivity contribution in [2.75, 3.05) is 40.5 Å². The number of carbonyl (C=O) groups excluding carboxylic acids is 2. The number of fused-ring (bicyclic) bond motifs is 2. The molecule has 0 saturated carbocycles. The van der Waals surface area contributed by atoms with E-state index in [0.29, 0.717) is 45.6 Å². The second-order valence-corrected chi connectivity index (χ2v) is 8.46. The third kappa shape index (κ3) is 3.92. The lowest BCUT2D eigenvalue weighted by molar-refractivity contribution is -0.119. The molecule has 0 bridgehead atoms. The van der Waals surface area contributed by atoms with Gasteiger partial charge in [0.1, 0.15) is 5.75 Å². The number of ether oxygens (including phenoxy) is 5. The molecule has 0 saturated heterocycles. The zero-order valence-electron chi connectivity index (χ0n) is 20.4. The number of amides is 2. The Labute approximate surface area is 208 Å². The van der Waals surface area contributed by atoms with Crippen LogP contribution in [0.15, 0.2) is 54.6 Å². The molecule has 3 aromatic carbocycles. The largest absolute Gasteiger partial charge is 0.497 e. The number of anilines is 1. The lowest BCUT2D eigenvalue weighted by Crippen LogP contribution is -2.44. The van der Waals surface area contributed by atoms with E-state index in [1.165, 1.54) is 14.2 Å². The molecule has 1 N–H and O–H groups in total. The number of rotatable bonds is 6. The van der Waals surface area contributed by atoms with Gasteiger partial charge in [-0.1, -0.05) is 12.1 Å². The first-order valence-electron chi connectivity index (χ1n) is 11.3. The van der Waals surface area contributed by atoms with Crippen molar-refractivity contribution < 1.29 is 33.3 Å². The van der Waals surface area contributed by atoms with Crippen molar-refractivity contribution in [3.8, 4) is 28.7 Å². The normalized spacial score (nSPS) is 17.9. The van der Waals surface area contributed by atoms with Gasteiger partial charge in [0.25, 0.3) is 5.91 Å². The van der Waals surface area contributed by atoms with Crippen LogP contribution in [-0.4, -0.2) is 51.9 Å². The number of hydrogen-bond donors (Lipinski definition) is 1. The van der Waals surface area contributed by atoms with Gasteiger partial charge in [0.15, 0.2) is 23.0 Å². The first-order chi connectivity index (χ1) is 17.4. The molecule has 0 fully saturated rings. The molecule has 2 aliphatic rings. The summed E-state index contributed by atoms with van der Waals surface area (Å²) in [6.07, 6.45) is 0. The van der Waals surface area contributed by atoms with Crippen LogP contribution in [0.25, 0.3) is 0 Å². The van der Waals surface area contributed by atoms with Crippen molar-refractivity contribution in [3.05, 3.63) is 71.3 Å². The summed E-state index contributed by atoms with van der Waals surface area (Å²) in [4.78, 5) is 29.0. The molecule has 0 aromatic heterocycles. The van der Waals surface area contributed by atoms with Crippen LogP contribution in [0, 0.1) is 0 Å². The third-order valence-electron chi connectivity index (χ3n) is 6.55. The quantitative estimate of drug-likeness (QED) is 0.558. The Morgan fingerprint density at radius 2 is 1.61 bits per heavy atom. The number of nitrogens with zero attached hydrogens (tertiary/aromatic N) is 1. The van der Waals surface area contributed by atoms with Gasteiger partial charge in [-0.2, -0.15) is 0 Å². The summed E-state index contributed by atoms with van der Waals surface area (Å²) in [6.45, 7) is 0.136. The van der Waals surface area contributed by atoms with Gasteiger partial charge >= 0.3 is 0 Å². The molecule has 0 radical (unpaired) electrons. The Balaban J connectivity index is 1.61. The Kier molecular flexibility index (Phi) is 6.05. The second kappa shape index (κ2) is 9.33. The smallest absolute Gasteiger partial charge is 0.254 e. The molecule has 2 amide bonds. The van der Waals surface area contributed by atoms with Crippen molar-refractivity contribution >= 4 is 17.5 Å². The van der Waals surface area contributed by atoms with E-state index in [4.69, 9.17) is 23.7 Å². The Hall–Kier alpha value is -4.40. The van der Waals surface area contributed by atoms with Crippen molar-refractivity contribution in [3.63, 3.8) is 0 Å². The van der Waals surface area contributed by atoms with E-state index >= 15 is 0 Å². The average Bonchev–Trinajstić information content (AvgIpc) is 3.37. The Morgan fingerprint density at radius 1 is 0.917 bits per heavy atom. The van der Waals surface area contributed by atoms with Gasteiger partial charge in [0, 0.05) is 24.4 Å². The van der Waals surface area contributed by atoms with Crippen molar-refractivity contribution in [2.45, 2.75) is 12.0 Å². The van der Waals surface area contributed by atoms with E-state index < -0.39 is 12.0 Å². The lowest BCUT2D eigenvalue weighted by atomic mass is 9.79. The SMILES string of the molecule is COc1ccc(C2C(C(=O)Nc3ccc4c(c3)OCO4)c3cc(OC)c(OC)cc3C(=O)N2C)cc1. The second-order valence-electron chi connectivity index (χ2n) is 8.46. The van der Waals surface area contributed by atoms with Gasteiger partial charge in [-0.3, -0.25) is 9.59 Å². The van der Waals surface area contributed by atoms with Crippen LogP contribution in [0.3, 0.4) is 0 Å². The first kappa shape index (κ1) is 23.3. The Bertz CT molecular complexity index is 1320. The fourth-order valence-electron chi connectivity index (χ4n) is 4.74. The van der Waals surface area contributed by atoms with Crippen LogP contribution in [0.5, 0.6) is 28.7 Å². The minimum absolute atomic E-state index is 0.136. The zero-order valence-corrected chi connectivity index (χ0v) is 20.4. The average molecular weight is 491 g/mol. The zero-order chi connectivity index (χ0) is 25.4. The number of methoxy groups -OCH3 is 3. The van der Waals surface area contributed by atoms with Crippen LogP contribution < -0.4 is 29.0 Å². The van der Waals surface area contributed by atoms with Gasteiger partial charge < -0.3 is 33.9 Å². The first-order valence-corrected chi connectivity index (χ1v) is 11.3. The summed E-state index contributed by atoms with van der Waals surface area (Å²) >= 11 is 0. The summed E-state index contributed by atoms with van der Waals surface area (Å²) in [5.74, 6) is 1.44. The molecular formula is C27H26N2O7. The summed E-state index contributed by atoms with van der Waals surface area (Å²) in [5, 5.41) is 3.00. The van der Waals surface area contributed by atoms with Crippen LogP contribution in [-0.2, 0) is 4.79 Å². The molecule has 0 aliphatic carbocycles. The number of nitrogens with one attached hydrogen (secondary N) is 1. The molecule has 9 nitrogen and oxygen atoms in total. The number of hydrogen-bond acceptors (Lipinski definition) is 7. The lowest BCUT2D eigenvalue weighted by Gasteiger charge is -2.40. The van der Waals surface area contributed by atoms with Gasteiger partial charge in [0.2, 0.25) is 12.7 Å². The molecule has 3 aromatic rings. The van der Waals surface area contributed by atoms with Crippen LogP contribution in [0.4, 0.5) is 5.69 Å². The van der Waals surface area contributed by atoms with Gasteiger partial charge in [-0.05, 0) is 47.5 Å². The Morgan fingerprint density at radius 3 is 2.31 bits per heavy atom. The number of carbonyl (C=O) groups is 2. The number of benzene rings is 3. The number of likely N-dealkylation sites (N-methyl/N-ethyl adjacent to an activating group) is 1. The van der Waals surface area contributed by atoms with Crippen molar-refractivity contribution in [1.82, 2.24) is 4.90 Å². The standard InChI is InChI=1S/C27H26N2O7/c1-29-25(15-5-8-17(32-2)9-6-15)24(18-12-21(33-3)22(34-4)13-19(18)27(29)31)26(30)28-16-7-10-20-23(11-16)36-14-35-20/h5-13,24-25H,14H2,1-4H3,(H,28,30). The fourth-order valence-corrected chi connectivity index (χ4v) is 4.74. The van der Waals surface area contributed by atoms with E-state index in [9.17, 15) is 9.59 Å². The maximum atomic E-state index is 13.9. The van der Waals surface area contributed by atoms with E-state index in [-0.39, 0.29) is 18.6 Å². The third-order valence-corrected chi connectivity index (χ3v) is 6.55. The van der Waals surface area contributed by atoms with E-state index in [0.717, 1.165) is 5.56 Å². The van der Waals surface area contributed by atoms with Gasteiger partial charge in [-0.15, -0.1) is 0 Å². The van der Waals surface area contributed by atoms with E-state index in [1.807, 2.05) is 24.3 Å². The molecule has 0 spiro atoms. The van der Waals surface area contributed by atoms with E-state index in [1.54, 1.807) is 49.4 Å². The van der Waals surface area contributed by atoms with Crippen molar-refractivity contribution in [2.24, 2.45) is 0 Å². The highest BCUT2D eigenvalue weighted by atomic mass is 16.7. The molecule has 2 atom stereocenters. The molecule has 36 heavy (non-hydrogen) atoms. The maximum absolute atomic E-state index is 13.9. The molecule has 2 heterocycles. The summed E-state index contributed by atoms with van der Waals surface area (Å²) in [6, 6.07) is 15.3. The highest BCUT2D eigenvalue weighted by Gasteiger charge is 2.43. The summed E-state index contributed by atoms with van der Waals surface area (Å²) < 4.78 is 27.0. The maximum Gasteiger partial charge on any atom is 0.254 e. The van der Waals surface area contributed by atoms with Crippen LogP contribution in [0.2, 0.25) is 0 Å². The highest BCUT2D eigenvalue weighted by Crippen LogP contribution is 2.46. The minimum atomic E-state index is -0.749. The van der Waals surface area contributed by atoms with Crippen LogP contribution >= 0.6 is 0 Å². The highest BCUT2D eigenvalue weighted by molar-refractivity contribution is 6.05. The molecular weight excluding hydrogens is 464 g/mol. The van der Waals surface area contributed by atoms with Gasteiger partial charge in [0.05, 0.1) is 33.3 Å². The molecule has 9 heteroatoms. The monoisotopic (exact) mass is 490 g/mol. The molecule has 5 rings (SSSR count). The molecule has 186 valence electrons. The summed E-state index contributed by atoms with van der Waals surface area (Å²) in [7, 11) is 6.30.